The van der Waals surface area contributed by atoms with Crippen molar-refractivity contribution in [1.29, 1.82) is 0 Å². The number of anilines is 2. The first kappa shape index (κ1) is 21.3. The van der Waals surface area contributed by atoms with Crippen LogP contribution in [0.4, 0.5) is 11.5 Å². The number of aromatic nitrogens is 2. The maximum absolute atomic E-state index is 12.5. The summed E-state index contributed by atoms with van der Waals surface area (Å²) in [5.41, 5.74) is 2.84. The van der Waals surface area contributed by atoms with Crippen LogP contribution in [0.2, 0.25) is 0 Å². The van der Waals surface area contributed by atoms with Gasteiger partial charge in [-0.05, 0) is 42.8 Å². The van der Waals surface area contributed by atoms with Crippen molar-refractivity contribution in [2.75, 3.05) is 19.0 Å². The van der Waals surface area contributed by atoms with Gasteiger partial charge >= 0.3 is 5.97 Å². The molecule has 2 aromatic carbocycles. The number of nitrogens with one attached hydrogen (secondary N) is 3. The predicted molar refractivity (Wildman–Crippen MR) is 119 cm³/mol. The molecule has 3 aromatic rings. The summed E-state index contributed by atoms with van der Waals surface area (Å²) in [7, 11) is 1.62. The van der Waals surface area contributed by atoms with E-state index < -0.39 is 12.0 Å². The van der Waals surface area contributed by atoms with Crippen LogP contribution < -0.4 is 20.7 Å². The van der Waals surface area contributed by atoms with E-state index in [9.17, 15) is 9.59 Å². The number of hydrogen-bond acceptors (Lipinski definition) is 7. The predicted octanol–water partition coefficient (Wildman–Crippen LogP) is 2.44. The number of benzene rings is 2. The highest BCUT2D eigenvalue weighted by atomic mass is 16.5. The molecule has 1 aliphatic heterocycles. The van der Waals surface area contributed by atoms with Gasteiger partial charge in [0.15, 0.2) is 0 Å². The van der Waals surface area contributed by atoms with Crippen LogP contribution >= 0.6 is 0 Å². The summed E-state index contributed by atoms with van der Waals surface area (Å²) in [6, 6.07) is 15.6. The Hall–Kier alpha value is -3.98. The van der Waals surface area contributed by atoms with E-state index in [1.165, 1.54) is 6.33 Å². The lowest BCUT2D eigenvalue weighted by atomic mass is 10.1. The number of rotatable bonds is 7. The summed E-state index contributed by atoms with van der Waals surface area (Å²) in [6.45, 7) is 0.435. The minimum Gasteiger partial charge on any atom is -0.496 e. The molecule has 32 heavy (non-hydrogen) atoms. The van der Waals surface area contributed by atoms with E-state index >= 15 is 0 Å². The van der Waals surface area contributed by atoms with Gasteiger partial charge in [0.2, 0.25) is 0 Å². The minimum atomic E-state index is -0.907. The topological polar surface area (TPSA) is 125 Å². The molecule has 9 nitrogen and oxygen atoms in total. The van der Waals surface area contributed by atoms with Crippen molar-refractivity contribution in [3.63, 3.8) is 0 Å². The summed E-state index contributed by atoms with van der Waals surface area (Å²) in [4.78, 5) is 32.1. The zero-order valence-corrected chi connectivity index (χ0v) is 17.4. The molecule has 2 heterocycles. The third kappa shape index (κ3) is 4.84. The van der Waals surface area contributed by atoms with Crippen LogP contribution in [0, 0.1) is 0 Å². The summed E-state index contributed by atoms with van der Waals surface area (Å²) in [5, 5.41) is 18.0. The number of carbonyl (C=O) groups is 2. The average Bonchev–Trinajstić information content (AvgIpc) is 3.28. The van der Waals surface area contributed by atoms with Gasteiger partial charge in [-0.1, -0.05) is 12.1 Å². The highest BCUT2D eigenvalue weighted by Gasteiger charge is 2.30. The number of ether oxygens (including phenoxy) is 1. The van der Waals surface area contributed by atoms with Gasteiger partial charge in [0.05, 0.1) is 12.8 Å². The monoisotopic (exact) mass is 433 g/mol. The first-order valence-electron chi connectivity index (χ1n) is 10.1. The third-order valence-corrected chi connectivity index (χ3v) is 5.23. The van der Waals surface area contributed by atoms with E-state index in [1.807, 2.05) is 30.3 Å². The molecule has 0 bridgehead atoms. The number of carboxylic acid groups (broad SMARTS) is 1. The van der Waals surface area contributed by atoms with Crippen LogP contribution in [-0.2, 0) is 4.79 Å². The molecule has 164 valence electrons. The van der Waals surface area contributed by atoms with E-state index in [1.54, 1.807) is 31.4 Å². The molecule has 4 rings (SSSR count). The maximum Gasteiger partial charge on any atom is 0.320 e. The molecule has 1 amide bonds. The third-order valence-electron chi connectivity index (χ3n) is 5.23. The number of hydrogen-bond donors (Lipinski definition) is 4. The molecule has 0 aliphatic carbocycles. The fraction of sp³-hybridized carbons (Fsp3) is 0.217. The Balaban J connectivity index is 1.41. The number of methoxy groups -OCH3 is 1. The second-order valence-corrected chi connectivity index (χ2v) is 7.40. The van der Waals surface area contributed by atoms with E-state index in [0.717, 1.165) is 22.7 Å². The molecule has 9 heteroatoms. The summed E-state index contributed by atoms with van der Waals surface area (Å²) in [5.74, 6) is 0.181. The van der Waals surface area contributed by atoms with Gasteiger partial charge in [-0.15, -0.1) is 0 Å². The summed E-state index contributed by atoms with van der Waals surface area (Å²) in [6.07, 6.45) is 1.84. The molecule has 1 saturated heterocycles. The number of para-hydroxylation sites is 1. The van der Waals surface area contributed by atoms with E-state index in [2.05, 4.69) is 25.9 Å². The Bertz CT molecular complexity index is 1120. The number of aliphatic carboxylic acids is 1. The first-order chi connectivity index (χ1) is 15.5. The molecule has 1 aliphatic rings. The largest absolute Gasteiger partial charge is 0.496 e. The van der Waals surface area contributed by atoms with Crippen LogP contribution in [0.15, 0.2) is 60.9 Å². The maximum atomic E-state index is 12.5. The van der Waals surface area contributed by atoms with E-state index in [0.29, 0.717) is 24.3 Å². The van der Waals surface area contributed by atoms with Crippen molar-refractivity contribution in [2.24, 2.45) is 0 Å². The molecule has 1 aromatic heterocycles. The van der Waals surface area contributed by atoms with Crippen molar-refractivity contribution < 1.29 is 19.4 Å². The van der Waals surface area contributed by atoms with Gasteiger partial charge in [-0.25, -0.2) is 9.97 Å². The standard InChI is InChI=1S/C23H23N5O4/c1-32-20-5-3-2-4-17(20)18-11-21(26-13-25-18)27-15-8-6-14(7-9-15)22(29)28-16-10-19(23(30)31)24-12-16/h2-9,11,13,16,19,24H,10,12H2,1H3,(H,28,29)(H,30,31)(H,25,26,27). The normalized spacial score (nSPS) is 17.5. The van der Waals surface area contributed by atoms with E-state index in [4.69, 9.17) is 9.84 Å². The Morgan fingerprint density at radius 2 is 1.91 bits per heavy atom. The van der Waals surface area contributed by atoms with Gasteiger partial charge in [-0.3, -0.25) is 9.59 Å². The lowest BCUT2D eigenvalue weighted by Gasteiger charge is -2.12. The number of carboxylic acids is 1. The molecule has 2 atom stereocenters. The SMILES string of the molecule is COc1ccccc1-c1cc(Nc2ccc(C(=O)NC3CNC(C(=O)O)C3)cc2)ncn1. The second-order valence-electron chi connectivity index (χ2n) is 7.40. The fourth-order valence-electron chi connectivity index (χ4n) is 3.58. The van der Waals surface area contributed by atoms with Gasteiger partial charge < -0.3 is 25.8 Å². The van der Waals surface area contributed by atoms with Crippen LogP contribution in [0.1, 0.15) is 16.8 Å². The highest BCUT2D eigenvalue weighted by molar-refractivity contribution is 5.95. The van der Waals surface area contributed by atoms with Gasteiger partial charge in [0.25, 0.3) is 5.91 Å². The lowest BCUT2D eigenvalue weighted by molar-refractivity contribution is -0.139. The molecule has 0 radical (unpaired) electrons. The molecule has 4 N–H and O–H groups in total. The number of amides is 1. The highest BCUT2D eigenvalue weighted by Crippen LogP contribution is 2.29. The van der Waals surface area contributed by atoms with Crippen LogP contribution in [-0.4, -0.2) is 52.7 Å². The Morgan fingerprint density at radius 1 is 1.12 bits per heavy atom. The Kier molecular flexibility index (Phi) is 6.27. The zero-order valence-electron chi connectivity index (χ0n) is 17.4. The van der Waals surface area contributed by atoms with Crippen molar-refractivity contribution in [2.45, 2.75) is 18.5 Å². The summed E-state index contributed by atoms with van der Waals surface area (Å²) < 4.78 is 5.41. The van der Waals surface area contributed by atoms with Crippen LogP contribution in [0.5, 0.6) is 5.75 Å². The Morgan fingerprint density at radius 3 is 2.62 bits per heavy atom. The van der Waals surface area contributed by atoms with Gasteiger partial charge in [0, 0.05) is 35.5 Å². The van der Waals surface area contributed by atoms with Crippen LogP contribution in [0.25, 0.3) is 11.3 Å². The van der Waals surface area contributed by atoms with Crippen LogP contribution in [0.3, 0.4) is 0 Å². The smallest absolute Gasteiger partial charge is 0.320 e. The second kappa shape index (κ2) is 9.44. The average molecular weight is 433 g/mol. The van der Waals surface area contributed by atoms with E-state index in [-0.39, 0.29) is 11.9 Å². The lowest BCUT2D eigenvalue weighted by Crippen LogP contribution is -2.36. The van der Waals surface area contributed by atoms with Gasteiger partial charge in [0.1, 0.15) is 23.9 Å². The van der Waals surface area contributed by atoms with Crippen molar-refractivity contribution in [1.82, 2.24) is 20.6 Å². The molecular formula is C23H23N5O4. The molecule has 1 fully saturated rings. The minimum absolute atomic E-state index is 0.212. The summed E-state index contributed by atoms with van der Waals surface area (Å²) >= 11 is 0. The number of carbonyl (C=O) groups excluding carboxylic acids is 1. The molecule has 0 saturated carbocycles. The molecule has 2 unspecified atom stereocenters. The fourth-order valence-corrected chi connectivity index (χ4v) is 3.58. The quantitative estimate of drug-likeness (QED) is 0.448. The number of nitrogens with zero attached hydrogens (tertiary/aromatic N) is 2. The molecule has 0 spiro atoms. The van der Waals surface area contributed by atoms with Crippen molar-refractivity contribution in [3.8, 4) is 17.0 Å². The Labute approximate surface area is 184 Å². The van der Waals surface area contributed by atoms with Crippen molar-refractivity contribution in [3.05, 3.63) is 66.5 Å². The zero-order chi connectivity index (χ0) is 22.5. The first-order valence-corrected chi connectivity index (χ1v) is 10.1. The van der Waals surface area contributed by atoms with Gasteiger partial charge in [-0.2, -0.15) is 0 Å². The molecular weight excluding hydrogens is 410 g/mol. The van der Waals surface area contributed by atoms with Crippen molar-refractivity contribution >= 4 is 23.4 Å².